The fraction of sp³-hybridized carbons (Fsp3) is 0.500. The summed E-state index contributed by atoms with van der Waals surface area (Å²) in [6, 6.07) is 3.36. The predicted octanol–water partition coefficient (Wildman–Crippen LogP) is 2.68. The van der Waals surface area contributed by atoms with E-state index in [-0.39, 0.29) is 17.8 Å². The van der Waals surface area contributed by atoms with Crippen molar-refractivity contribution in [2.45, 2.75) is 38.8 Å². The molecule has 1 atom stereocenters. The third-order valence-electron chi connectivity index (χ3n) is 4.51. The van der Waals surface area contributed by atoms with Crippen LogP contribution < -0.4 is 9.47 Å². The van der Waals surface area contributed by atoms with Crippen molar-refractivity contribution in [3.05, 3.63) is 35.9 Å². The van der Waals surface area contributed by atoms with Crippen molar-refractivity contribution in [2.24, 2.45) is 0 Å². The van der Waals surface area contributed by atoms with Crippen molar-refractivity contribution in [1.29, 1.82) is 0 Å². The predicted molar refractivity (Wildman–Crippen MR) is 92.9 cm³/mol. The zero-order chi connectivity index (χ0) is 17.8. The monoisotopic (exact) mass is 344 g/mol. The molecule has 0 N–H and O–H groups in total. The molecule has 0 aromatic carbocycles. The quantitative estimate of drug-likeness (QED) is 0.834. The number of ether oxygens (including phenoxy) is 2. The van der Waals surface area contributed by atoms with E-state index in [2.05, 4.69) is 21.5 Å². The van der Waals surface area contributed by atoms with E-state index in [1.165, 1.54) is 14.2 Å². The molecule has 7 heteroatoms. The molecule has 0 aliphatic carbocycles. The zero-order valence-corrected chi connectivity index (χ0v) is 14.9. The van der Waals surface area contributed by atoms with Gasteiger partial charge in [-0.3, -0.25) is 4.79 Å². The largest absolute Gasteiger partial charge is 0.481 e. The molecule has 3 heterocycles. The van der Waals surface area contributed by atoms with Crippen molar-refractivity contribution < 1.29 is 14.3 Å². The molecule has 2 aromatic rings. The van der Waals surface area contributed by atoms with Crippen LogP contribution in [0.15, 0.2) is 24.5 Å². The third-order valence-corrected chi connectivity index (χ3v) is 4.51. The summed E-state index contributed by atoms with van der Waals surface area (Å²) in [4.78, 5) is 23.9. The smallest absolute Gasteiger partial charge is 0.259 e. The maximum absolute atomic E-state index is 13.3. The van der Waals surface area contributed by atoms with Crippen molar-refractivity contribution in [2.75, 3.05) is 20.8 Å². The van der Waals surface area contributed by atoms with E-state index in [1.807, 2.05) is 17.3 Å². The van der Waals surface area contributed by atoms with Gasteiger partial charge in [-0.05, 0) is 18.9 Å². The highest BCUT2D eigenvalue weighted by Gasteiger charge is 2.32. The van der Waals surface area contributed by atoms with Gasteiger partial charge in [-0.25, -0.2) is 4.98 Å². The first-order valence-electron chi connectivity index (χ1n) is 8.60. The molecule has 1 amide bonds. The molecule has 0 spiro atoms. The Morgan fingerprint density at radius 2 is 2.12 bits per heavy atom. The lowest BCUT2D eigenvalue weighted by Gasteiger charge is -2.29. The van der Waals surface area contributed by atoms with Crippen LogP contribution in [0.3, 0.4) is 0 Å². The molecule has 0 fully saturated rings. The molecule has 0 saturated carbocycles. The van der Waals surface area contributed by atoms with E-state index in [4.69, 9.17) is 9.47 Å². The maximum Gasteiger partial charge on any atom is 0.259 e. The highest BCUT2D eigenvalue weighted by atomic mass is 16.5. The highest BCUT2D eigenvalue weighted by Crippen LogP contribution is 2.31. The summed E-state index contributed by atoms with van der Waals surface area (Å²) in [6.45, 7) is 3.68. The minimum absolute atomic E-state index is 0.0400. The van der Waals surface area contributed by atoms with Crippen LogP contribution in [0.4, 0.5) is 0 Å². The Balaban J connectivity index is 1.97. The SMILES string of the molecule is CCCC1c2nccn2CCCN1C(=O)c1ccc(OC)nc1OC. The number of carbonyl (C=O) groups is 1. The third kappa shape index (κ3) is 3.31. The Hall–Kier alpha value is -2.57. The Bertz CT molecular complexity index is 744. The molecule has 134 valence electrons. The number of aryl methyl sites for hydroxylation is 1. The van der Waals surface area contributed by atoms with Gasteiger partial charge < -0.3 is 18.9 Å². The molecule has 25 heavy (non-hydrogen) atoms. The lowest BCUT2D eigenvalue weighted by atomic mass is 10.1. The average molecular weight is 344 g/mol. The van der Waals surface area contributed by atoms with Crippen molar-refractivity contribution in [1.82, 2.24) is 19.4 Å². The van der Waals surface area contributed by atoms with E-state index in [0.717, 1.165) is 31.6 Å². The number of nitrogens with zero attached hydrogens (tertiary/aromatic N) is 4. The normalized spacial score (nSPS) is 16.9. The number of hydrogen-bond acceptors (Lipinski definition) is 5. The van der Waals surface area contributed by atoms with E-state index in [0.29, 0.717) is 18.0 Å². The van der Waals surface area contributed by atoms with Gasteiger partial charge in [-0.1, -0.05) is 13.3 Å². The topological polar surface area (TPSA) is 69.5 Å². The summed E-state index contributed by atoms with van der Waals surface area (Å²) < 4.78 is 12.6. The first kappa shape index (κ1) is 17.3. The number of amides is 1. The highest BCUT2D eigenvalue weighted by molar-refractivity contribution is 5.96. The fourth-order valence-corrected chi connectivity index (χ4v) is 3.33. The van der Waals surface area contributed by atoms with Gasteiger partial charge in [0.2, 0.25) is 11.8 Å². The van der Waals surface area contributed by atoms with Crippen LogP contribution in [0.25, 0.3) is 0 Å². The van der Waals surface area contributed by atoms with Crippen LogP contribution in [0.2, 0.25) is 0 Å². The van der Waals surface area contributed by atoms with Gasteiger partial charge in [0.25, 0.3) is 5.91 Å². The van der Waals surface area contributed by atoms with Crippen LogP contribution in [0.5, 0.6) is 11.8 Å². The Labute approximate surface area is 147 Å². The van der Waals surface area contributed by atoms with Gasteiger partial charge in [-0.15, -0.1) is 0 Å². The minimum Gasteiger partial charge on any atom is -0.481 e. The van der Waals surface area contributed by atoms with E-state index < -0.39 is 0 Å². The molecular formula is C18H24N4O3. The van der Waals surface area contributed by atoms with Gasteiger partial charge >= 0.3 is 0 Å². The van der Waals surface area contributed by atoms with Crippen molar-refractivity contribution >= 4 is 5.91 Å². The fourth-order valence-electron chi connectivity index (χ4n) is 3.33. The number of rotatable bonds is 5. The molecule has 1 unspecified atom stereocenters. The molecule has 0 bridgehead atoms. The summed E-state index contributed by atoms with van der Waals surface area (Å²) in [5.41, 5.74) is 0.449. The molecule has 7 nitrogen and oxygen atoms in total. The molecule has 2 aromatic heterocycles. The average Bonchev–Trinajstić information content (AvgIpc) is 3.04. The van der Waals surface area contributed by atoms with Crippen LogP contribution in [0, 0.1) is 0 Å². The first-order valence-corrected chi connectivity index (χ1v) is 8.60. The molecule has 1 aliphatic heterocycles. The second-order valence-electron chi connectivity index (χ2n) is 6.05. The number of imidazole rings is 1. The molecule has 0 saturated heterocycles. The van der Waals surface area contributed by atoms with Crippen molar-refractivity contribution in [3.8, 4) is 11.8 Å². The van der Waals surface area contributed by atoms with Gasteiger partial charge in [-0.2, -0.15) is 4.98 Å². The van der Waals surface area contributed by atoms with Crippen LogP contribution in [0.1, 0.15) is 48.4 Å². The van der Waals surface area contributed by atoms with Gasteiger partial charge in [0, 0.05) is 31.5 Å². The summed E-state index contributed by atoms with van der Waals surface area (Å²) in [7, 11) is 3.05. The van der Waals surface area contributed by atoms with Gasteiger partial charge in [0.05, 0.1) is 20.3 Å². The number of fused-ring (bicyclic) bond motifs is 1. The lowest BCUT2D eigenvalue weighted by molar-refractivity contribution is 0.0660. The second kappa shape index (κ2) is 7.55. The lowest BCUT2D eigenvalue weighted by Crippen LogP contribution is -2.35. The summed E-state index contributed by atoms with van der Waals surface area (Å²) >= 11 is 0. The number of pyridine rings is 1. The number of aromatic nitrogens is 3. The molecular weight excluding hydrogens is 320 g/mol. The number of methoxy groups -OCH3 is 2. The van der Waals surface area contributed by atoms with Crippen LogP contribution >= 0.6 is 0 Å². The van der Waals surface area contributed by atoms with E-state index in [1.54, 1.807) is 12.1 Å². The first-order chi connectivity index (χ1) is 12.2. The van der Waals surface area contributed by atoms with Gasteiger partial charge in [0.1, 0.15) is 11.4 Å². The van der Waals surface area contributed by atoms with Crippen molar-refractivity contribution in [3.63, 3.8) is 0 Å². The zero-order valence-electron chi connectivity index (χ0n) is 14.9. The van der Waals surface area contributed by atoms with Gasteiger partial charge in [0.15, 0.2) is 0 Å². The number of carbonyl (C=O) groups excluding carboxylic acids is 1. The Kier molecular flexibility index (Phi) is 5.21. The standard InChI is InChI=1S/C18H24N4O3/c1-4-6-14-16-19-9-12-21(16)10-5-11-22(14)18(23)13-7-8-15(24-2)20-17(13)25-3/h7-9,12,14H,4-6,10-11H2,1-3H3. The molecule has 1 aliphatic rings. The molecule has 3 rings (SSSR count). The minimum atomic E-state index is -0.0816. The van der Waals surface area contributed by atoms with E-state index >= 15 is 0 Å². The Morgan fingerprint density at radius 3 is 2.84 bits per heavy atom. The summed E-state index contributed by atoms with van der Waals surface area (Å²) in [5, 5.41) is 0. The number of hydrogen-bond donors (Lipinski definition) is 0. The van der Waals surface area contributed by atoms with Crippen LogP contribution in [-0.4, -0.2) is 46.1 Å². The summed E-state index contributed by atoms with van der Waals surface area (Å²) in [5.74, 6) is 1.58. The maximum atomic E-state index is 13.3. The van der Waals surface area contributed by atoms with Crippen LogP contribution in [-0.2, 0) is 6.54 Å². The second-order valence-corrected chi connectivity index (χ2v) is 6.05. The van der Waals surface area contributed by atoms with E-state index in [9.17, 15) is 4.79 Å². The Morgan fingerprint density at radius 1 is 1.28 bits per heavy atom. The summed E-state index contributed by atoms with van der Waals surface area (Å²) in [6.07, 6.45) is 6.53. The molecule has 0 radical (unpaired) electrons.